The first-order valence-corrected chi connectivity index (χ1v) is 5.61. The molecule has 2 rings (SSSR count). The Labute approximate surface area is 90.5 Å². The van der Waals surface area contributed by atoms with Gasteiger partial charge in [-0.1, -0.05) is 12.5 Å². The van der Waals surface area contributed by atoms with Crippen molar-refractivity contribution in [1.82, 2.24) is 5.32 Å². The van der Waals surface area contributed by atoms with Crippen molar-refractivity contribution in [2.24, 2.45) is 0 Å². The summed E-state index contributed by atoms with van der Waals surface area (Å²) in [5, 5.41) is 16.1. The van der Waals surface area contributed by atoms with Crippen LogP contribution < -0.4 is 10.6 Å². The molecule has 1 aliphatic heterocycles. The Morgan fingerprint density at radius 1 is 1.40 bits per heavy atom. The number of piperidine rings is 1. The minimum atomic E-state index is 0.316. The first-order valence-electron chi connectivity index (χ1n) is 5.61. The van der Waals surface area contributed by atoms with E-state index in [4.69, 9.17) is 0 Å². The molecule has 1 aromatic carbocycles. The number of hydrogen-bond acceptors (Lipinski definition) is 3. The highest BCUT2D eigenvalue weighted by Gasteiger charge is 2.11. The second-order valence-corrected chi connectivity index (χ2v) is 4.08. The molecule has 1 atom stereocenters. The summed E-state index contributed by atoms with van der Waals surface area (Å²) in [6.07, 6.45) is 3.85. The number of aromatic hydroxyl groups is 1. The highest BCUT2D eigenvalue weighted by molar-refractivity contribution is 5.47. The van der Waals surface area contributed by atoms with Crippen LogP contribution in [0, 0.1) is 0 Å². The van der Waals surface area contributed by atoms with Gasteiger partial charge in [0.15, 0.2) is 0 Å². The largest absolute Gasteiger partial charge is 0.508 e. The van der Waals surface area contributed by atoms with Crippen molar-refractivity contribution < 1.29 is 5.11 Å². The summed E-state index contributed by atoms with van der Waals surface area (Å²) in [6, 6.07) is 7.84. The van der Waals surface area contributed by atoms with Crippen LogP contribution in [0.3, 0.4) is 0 Å². The van der Waals surface area contributed by atoms with Crippen molar-refractivity contribution in [3.8, 4) is 5.75 Å². The maximum Gasteiger partial charge on any atom is 0.117 e. The fraction of sp³-hybridized carbons (Fsp3) is 0.500. The van der Waals surface area contributed by atoms with E-state index in [2.05, 4.69) is 10.6 Å². The summed E-state index contributed by atoms with van der Waals surface area (Å²) in [5.41, 5.74) is 0.988. The predicted molar refractivity (Wildman–Crippen MR) is 62.2 cm³/mol. The van der Waals surface area contributed by atoms with Crippen LogP contribution in [-0.2, 0) is 0 Å². The highest BCUT2D eigenvalue weighted by Crippen LogP contribution is 2.16. The molecule has 0 saturated carbocycles. The van der Waals surface area contributed by atoms with Crippen LogP contribution in [0.5, 0.6) is 5.75 Å². The first-order chi connectivity index (χ1) is 7.34. The number of phenolic OH excluding ortho intramolecular Hbond substituents is 1. The van der Waals surface area contributed by atoms with Gasteiger partial charge >= 0.3 is 0 Å². The number of phenols is 1. The van der Waals surface area contributed by atoms with Gasteiger partial charge in [-0.2, -0.15) is 0 Å². The molecule has 1 aliphatic rings. The van der Waals surface area contributed by atoms with Crippen LogP contribution in [0.25, 0.3) is 0 Å². The summed E-state index contributed by atoms with van der Waals surface area (Å²) in [5.74, 6) is 0.316. The maximum absolute atomic E-state index is 9.29. The van der Waals surface area contributed by atoms with E-state index in [1.807, 2.05) is 12.1 Å². The van der Waals surface area contributed by atoms with Gasteiger partial charge in [-0.25, -0.2) is 0 Å². The van der Waals surface area contributed by atoms with E-state index in [9.17, 15) is 5.11 Å². The Morgan fingerprint density at radius 3 is 3.07 bits per heavy atom. The Bertz CT molecular complexity index is 308. The molecule has 0 bridgehead atoms. The Hall–Kier alpha value is -1.22. The number of rotatable bonds is 3. The van der Waals surface area contributed by atoms with Crippen molar-refractivity contribution in [1.29, 1.82) is 0 Å². The van der Waals surface area contributed by atoms with E-state index in [0.29, 0.717) is 11.8 Å². The van der Waals surface area contributed by atoms with Crippen molar-refractivity contribution in [3.63, 3.8) is 0 Å². The first kappa shape index (κ1) is 10.3. The third kappa shape index (κ3) is 3.13. The zero-order valence-electron chi connectivity index (χ0n) is 8.87. The molecule has 1 heterocycles. The Balaban J connectivity index is 1.81. The van der Waals surface area contributed by atoms with Crippen LogP contribution in [0.2, 0.25) is 0 Å². The normalized spacial score (nSPS) is 21.2. The van der Waals surface area contributed by atoms with E-state index >= 15 is 0 Å². The zero-order chi connectivity index (χ0) is 10.5. The van der Waals surface area contributed by atoms with E-state index in [-0.39, 0.29) is 0 Å². The Morgan fingerprint density at radius 2 is 2.33 bits per heavy atom. The number of anilines is 1. The van der Waals surface area contributed by atoms with Gasteiger partial charge in [-0.3, -0.25) is 0 Å². The minimum absolute atomic E-state index is 0.316. The van der Waals surface area contributed by atoms with Gasteiger partial charge in [0.25, 0.3) is 0 Å². The van der Waals surface area contributed by atoms with Gasteiger partial charge in [0.1, 0.15) is 5.75 Å². The summed E-state index contributed by atoms with van der Waals surface area (Å²) >= 11 is 0. The van der Waals surface area contributed by atoms with Crippen molar-refractivity contribution in [2.75, 3.05) is 18.4 Å². The minimum Gasteiger partial charge on any atom is -0.508 e. The number of nitrogens with one attached hydrogen (secondary N) is 2. The second-order valence-electron chi connectivity index (χ2n) is 4.08. The van der Waals surface area contributed by atoms with Crippen LogP contribution in [0.15, 0.2) is 24.3 Å². The quantitative estimate of drug-likeness (QED) is 0.708. The van der Waals surface area contributed by atoms with Crippen molar-refractivity contribution in [3.05, 3.63) is 24.3 Å². The van der Waals surface area contributed by atoms with E-state index in [0.717, 1.165) is 18.8 Å². The molecule has 1 saturated heterocycles. The molecule has 15 heavy (non-hydrogen) atoms. The van der Waals surface area contributed by atoms with Crippen LogP contribution in [-0.4, -0.2) is 24.2 Å². The lowest BCUT2D eigenvalue weighted by Gasteiger charge is -2.24. The molecule has 1 aromatic rings. The van der Waals surface area contributed by atoms with E-state index in [1.54, 1.807) is 12.1 Å². The van der Waals surface area contributed by atoms with Gasteiger partial charge in [-0.05, 0) is 31.5 Å². The molecule has 0 radical (unpaired) electrons. The molecule has 0 aromatic heterocycles. The molecular formula is C12H18N2O. The van der Waals surface area contributed by atoms with Gasteiger partial charge in [-0.15, -0.1) is 0 Å². The zero-order valence-corrected chi connectivity index (χ0v) is 8.87. The monoisotopic (exact) mass is 206 g/mol. The SMILES string of the molecule is Oc1cccc(NCC2CCCCN2)c1. The number of benzene rings is 1. The molecule has 3 heteroatoms. The van der Waals surface area contributed by atoms with Gasteiger partial charge in [0.2, 0.25) is 0 Å². The van der Waals surface area contributed by atoms with Gasteiger partial charge in [0.05, 0.1) is 0 Å². The van der Waals surface area contributed by atoms with Crippen molar-refractivity contribution >= 4 is 5.69 Å². The second kappa shape index (κ2) is 5.03. The standard InChI is InChI=1S/C12H18N2O/c15-12-6-3-5-10(8-12)14-9-11-4-1-2-7-13-11/h3,5-6,8,11,13-15H,1-2,4,7,9H2. The lowest BCUT2D eigenvalue weighted by Crippen LogP contribution is -2.39. The highest BCUT2D eigenvalue weighted by atomic mass is 16.3. The maximum atomic E-state index is 9.29. The van der Waals surface area contributed by atoms with E-state index < -0.39 is 0 Å². The summed E-state index contributed by atoms with van der Waals surface area (Å²) in [7, 11) is 0. The molecule has 3 nitrogen and oxygen atoms in total. The fourth-order valence-corrected chi connectivity index (χ4v) is 1.96. The lowest BCUT2D eigenvalue weighted by molar-refractivity contribution is 0.414. The summed E-state index contributed by atoms with van der Waals surface area (Å²) in [6.45, 7) is 2.07. The van der Waals surface area contributed by atoms with Gasteiger partial charge < -0.3 is 15.7 Å². The van der Waals surface area contributed by atoms with Crippen LogP contribution >= 0.6 is 0 Å². The topological polar surface area (TPSA) is 44.3 Å². The molecule has 1 fully saturated rings. The molecule has 0 spiro atoms. The molecule has 1 unspecified atom stereocenters. The van der Waals surface area contributed by atoms with Gasteiger partial charge in [0, 0.05) is 24.3 Å². The molecule has 82 valence electrons. The molecular weight excluding hydrogens is 188 g/mol. The van der Waals surface area contributed by atoms with E-state index in [1.165, 1.54) is 19.3 Å². The summed E-state index contributed by atoms with van der Waals surface area (Å²) < 4.78 is 0. The fourth-order valence-electron chi connectivity index (χ4n) is 1.96. The average Bonchev–Trinajstić information content (AvgIpc) is 2.28. The number of hydrogen-bond donors (Lipinski definition) is 3. The lowest BCUT2D eigenvalue weighted by atomic mass is 10.1. The molecule has 0 amide bonds. The molecule has 3 N–H and O–H groups in total. The smallest absolute Gasteiger partial charge is 0.117 e. The predicted octanol–water partition coefficient (Wildman–Crippen LogP) is 1.95. The van der Waals surface area contributed by atoms with Crippen LogP contribution in [0.4, 0.5) is 5.69 Å². The Kier molecular flexibility index (Phi) is 3.45. The third-order valence-corrected chi connectivity index (χ3v) is 2.81. The van der Waals surface area contributed by atoms with Crippen LogP contribution in [0.1, 0.15) is 19.3 Å². The molecule has 0 aliphatic carbocycles. The third-order valence-electron chi connectivity index (χ3n) is 2.81. The average molecular weight is 206 g/mol. The summed E-state index contributed by atoms with van der Waals surface area (Å²) in [4.78, 5) is 0. The van der Waals surface area contributed by atoms with Crippen molar-refractivity contribution in [2.45, 2.75) is 25.3 Å².